The standard InChI is InChI=1S/C24H28BrNO/c1-5-8-18(9-6-2)26-15-21(25)24(27)23-20(10-7-11-22(23)26)19-13-12-16(3)14-17(19)4/h7,10-15,18H,5-6,8-9H2,1-4H3. The lowest BCUT2D eigenvalue weighted by Crippen LogP contribution is -2.16. The summed E-state index contributed by atoms with van der Waals surface area (Å²) >= 11 is 3.54. The molecule has 3 aromatic rings. The van der Waals surface area contributed by atoms with Crippen LogP contribution in [0.25, 0.3) is 22.0 Å². The molecule has 0 saturated heterocycles. The van der Waals surface area contributed by atoms with Crippen molar-refractivity contribution in [1.82, 2.24) is 4.57 Å². The molecule has 0 N–H and O–H groups in total. The molecule has 0 aliphatic rings. The number of aryl methyl sites for hydroxylation is 2. The second kappa shape index (κ2) is 8.43. The van der Waals surface area contributed by atoms with Crippen molar-refractivity contribution in [2.24, 2.45) is 0 Å². The van der Waals surface area contributed by atoms with Gasteiger partial charge in [0.25, 0.3) is 0 Å². The van der Waals surface area contributed by atoms with E-state index in [9.17, 15) is 4.79 Å². The van der Waals surface area contributed by atoms with Crippen LogP contribution in [0.3, 0.4) is 0 Å². The molecule has 27 heavy (non-hydrogen) atoms. The summed E-state index contributed by atoms with van der Waals surface area (Å²) in [6.07, 6.45) is 6.49. The lowest BCUT2D eigenvalue weighted by molar-refractivity contribution is 0.435. The average molecular weight is 426 g/mol. The van der Waals surface area contributed by atoms with Crippen LogP contribution in [-0.2, 0) is 0 Å². The number of benzene rings is 2. The summed E-state index contributed by atoms with van der Waals surface area (Å²) in [6.45, 7) is 8.67. The highest BCUT2D eigenvalue weighted by Crippen LogP contribution is 2.33. The van der Waals surface area contributed by atoms with E-state index in [0.717, 1.165) is 47.7 Å². The lowest BCUT2D eigenvalue weighted by Gasteiger charge is -2.23. The minimum atomic E-state index is 0.0728. The second-order valence-corrected chi connectivity index (χ2v) is 8.32. The zero-order valence-electron chi connectivity index (χ0n) is 16.7. The van der Waals surface area contributed by atoms with E-state index in [0.29, 0.717) is 10.5 Å². The molecule has 0 saturated carbocycles. The Morgan fingerprint density at radius 3 is 2.33 bits per heavy atom. The lowest BCUT2D eigenvalue weighted by atomic mass is 9.95. The van der Waals surface area contributed by atoms with E-state index in [4.69, 9.17) is 0 Å². The molecule has 1 aromatic heterocycles. The first-order valence-electron chi connectivity index (χ1n) is 9.88. The van der Waals surface area contributed by atoms with Crippen molar-refractivity contribution in [2.45, 2.75) is 59.4 Å². The van der Waals surface area contributed by atoms with Crippen molar-refractivity contribution in [2.75, 3.05) is 0 Å². The maximum Gasteiger partial charge on any atom is 0.204 e. The molecule has 0 spiro atoms. The van der Waals surface area contributed by atoms with Crippen molar-refractivity contribution in [3.8, 4) is 11.1 Å². The van der Waals surface area contributed by atoms with Gasteiger partial charge in [0.1, 0.15) is 0 Å². The molecule has 0 atom stereocenters. The molecule has 0 aliphatic heterocycles. The van der Waals surface area contributed by atoms with Gasteiger partial charge in [-0.1, -0.05) is 62.6 Å². The number of aromatic nitrogens is 1. The van der Waals surface area contributed by atoms with Gasteiger partial charge >= 0.3 is 0 Å². The van der Waals surface area contributed by atoms with Crippen LogP contribution in [0.2, 0.25) is 0 Å². The number of rotatable bonds is 6. The van der Waals surface area contributed by atoms with Gasteiger partial charge in [0.2, 0.25) is 5.43 Å². The highest BCUT2D eigenvalue weighted by Gasteiger charge is 2.18. The number of pyridine rings is 1. The number of hydrogen-bond donors (Lipinski definition) is 0. The van der Waals surface area contributed by atoms with Crippen molar-refractivity contribution < 1.29 is 0 Å². The molecule has 0 unspecified atom stereocenters. The minimum Gasteiger partial charge on any atom is -0.343 e. The predicted molar refractivity (Wildman–Crippen MR) is 120 cm³/mol. The van der Waals surface area contributed by atoms with Crippen molar-refractivity contribution in [3.63, 3.8) is 0 Å². The van der Waals surface area contributed by atoms with E-state index in [1.165, 1.54) is 11.1 Å². The third kappa shape index (κ3) is 3.89. The topological polar surface area (TPSA) is 22.0 Å². The largest absolute Gasteiger partial charge is 0.343 e. The molecule has 0 radical (unpaired) electrons. The van der Waals surface area contributed by atoms with E-state index in [1.807, 2.05) is 6.20 Å². The number of fused-ring (bicyclic) bond motifs is 1. The summed E-state index contributed by atoms with van der Waals surface area (Å²) in [5.74, 6) is 0. The van der Waals surface area contributed by atoms with Crippen LogP contribution in [0.1, 0.15) is 56.7 Å². The molecular weight excluding hydrogens is 398 g/mol. The molecule has 0 bridgehead atoms. The highest BCUT2D eigenvalue weighted by atomic mass is 79.9. The minimum absolute atomic E-state index is 0.0728. The molecule has 0 amide bonds. The Bertz CT molecular complexity index is 1010. The van der Waals surface area contributed by atoms with E-state index in [1.54, 1.807) is 0 Å². The Hall–Kier alpha value is -1.87. The first-order chi connectivity index (χ1) is 13.0. The van der Waals surface area contributed by atoms with Crippen LogP contribution in [0, 0.1) is 13.8 Å². The average Bonchev–Trinajstić information content (AvgIpc) is 2.64. The number of hydrogen-bond acceptors (Lipinski definition) is 1. The fraction of sp³-hybridized carbons (Fsp3) is 0.375. The first kappa shape index (κ1) is 19.9. The van der Waals surface area contributed by atoms with Crippen LogP contribution in [-0.4, -0.2) is 4.57 Å². The Balaban J connectivity index is 2.34. The second-order valence-electron chi connectivity index (χ2n) is 7.46. The molecule has 0 fully saturated rings. The van der Waals surface area contributed by atoms with Crippen LogP contribution in [0.15, 0.2) is 51.9 Å². The summed E-state index contributed by atoms with van der Waals surface area (Å²) in [5, 5.41) is 0.816. The molecule has 142 valence electrons. The van der Waals surface area contributed by atoms with Crippen molar-refractivity contribution in [1.29, 1.82) is 0 Å². The van der Waals surface area contributed by atoms with Crippen LogP contribution in [0.4, 0.5) is 0 Å². The maximum atomic E-state index is 13.1. The third-order valence-corrected chi connectivity index (χ3v) is 5.89. The molecule has 3 heteroatoms. The number of halogens is 1. The SMILES string of the molecule is CCCC(CCC)n1cc(Br)c(=O)c2c(-c3ccc(C)cc3C)cccc21. The van der Waals surface area contributed by atoms with Crippen molar-refractivity contribution in [3.05, 3.63) is 68.4 Å². The van der Waals surface area contributed by atoms with Crippen LogP contribution in [0.5, 0.6) is 0 Å². The Kier molecular flexibility index (Phi) is 6.21. The summed E-state index contributed by atoms with van der Waals surface area (Å²) in [6, 6.07) is 13.1. The van der Waals surface area contributed by atoms with Gasteiger partial charge in [0, 0.05) is 12.2 Å². The molecule has 1 heterocycles. The summed E-state index contributed by atoms with van der Waals surface area (Å²) in [7, 11) is 0. The Labute approximate surface area is 170 Å². The predicted octanol–water partition coefficient (Wildman–Crippen LogP) is 7.19. The molecule has 2 nitrogen and oxygen atoms in total. The molecular formula is C24H28BrNO. The monoisotopic (exact) mass is 425 g/mol. The van der Waals surface area contributed by atoms with Gasteiger partial charge in [-0.25, -0.2) is 0 Å². The zero-order valence-corrected chi connectivity index (χ0v) is 18.3. The highest BCUT2D eigenvalue weighted by molar-refractivity contribution is 9.10. The smallest absolute Gasteiger partial charge is 0.204 e. The van der Waals surface area contributed by atoms with Crippen LogP contribution >= 0.6 is 15.9 Å². The Morgan fingerprint density at radius 1 is 1.00 bits per heavy atom. The maximum absolute atomic E-state index is 13.1. The molecule has 2 aromatic carbocycles. The fourth-order valence-electron chi connectivity index (χ4n) is 4.09. The first-order valence-corrected chi connectivity index (χ1v) is 10.7. The fourth-order valence-corrected chi connectivity index (χ4v) is 4.51. The summed E-state index contributed by atoms with van der Waals surface area (Å²) < 4.78 is 2.96. The van der Waals surface area contributed by atoms with Gasteiger partial charge in [-0.2, -0.15) is 0 Å². The number of nitrogens with zero attached hydrogens (tertiary/aromatic N) is 1. The quantitative estimate of drug-likeness (QED) is 0.409. The summed E-state index contributed by atoms with van der Waals surface area (Å²) in [4.78, 5) is 13.1. The van der Waals surface area contributed by atoms with Gasteiger partial charge in [0.05, 0.1) is 15.4 Å². The van der Waals surface area contributed by atoms with Gasteiger partial charge < -0.3 is 4.57 Å². The van der Waals surface area contributed by atoms with Crippen LogP contribution < -0.4 is 5.43 Å². The molecule has 3 rings (SSSR count). The normalized spacial score (nSPS) is 11.5. The van der Waals surface area contributed by atoms with E-state index >= 15 is 0 Å². The summed E-state index contributed by atoms with van der Waals surface area (Å²) in [5.41, 5.74) is 5.71. The zero-order chi connectivity index (χ0) is 19.6. The van der Waals surface area contributed by atoms with Gasteiger partial charge in [0.15, 0.2) is 0 Å². The third-order valence-electron chi connectivity index (χ3n) is 5.33. The van der Waals surface area contributed by atoms with Crippen molar-refractivity contribution >= 4 is 26.8 Å². The Morgan fingerprint density at radius 2 is 1.70 bits per heavy atom. The van der Waals surface area contributed by atoms with E-state index in [2.05, 4.69) is 84.6 Å². The van der Waals surface area contributed by atoms with E-state index < -0.39 is 0 Å². The molecule has 0 aliphatic carbocycles. The van der Waals surface area contributed by atoms with Gasteiger partial charge in [-0.3, -0.25) is 4.79 Å². The van der Waals surface area contributed by atoms with Gasteiger partial charge in [-0.15, -0.1) is 0 Å². The van der Waals surface area contributed by atoms with Gasteiger partial charge in [-0.05, 0) is 65.4 Å². The van der Waals surface area contributed by atoms with E-state index in [-0.39, 0.29) is 5.43 Å².